The molecule has 1 aromatic carbocycles. The average Bonchev–Trinajstić information content (AvgIpc) is 3.00. The Balaban J connectivity index is 0.00000169. The van der Waals surface area contributed by atoms with Gasteiger partial charge in [-0.05, 0) is 38.8 Å². The molecule has 2 atom stereocenters. The number of para-hydroxylation sites is 1. The van der Waals surface area contributed by atoms with Crippen molar-refractivity contribution in [1.29, 1.82) is 0 Å². The summed E-state index contributed by atoms with van der Waals surface area (Å²) < 4.78 is 1.78. The predicted octanol–water partition coefficient (Wildman–Crippen LogP) is -2.39. The van der Waals surface area contributed by atoms with Crippen LogP contribution in [0.15, 0.2) is 24.4 Å². The number of aromatic nitrogens is 2. The topological polar surface area (TPSA) is 73.2 Å². The van der Waals surface area contributed by atoms with Gasteiger partial charge in [0.25, 0.3) is 0 Å². The number of carboxylic acid groups (broad SMARTS) is 1. The van der Waals surface area contributed by atoms with E-state index in [-0.39, 0.29) is 30.6 Å². The van der Waals surface area contributed by atoms with Gasteiger partial charge in [0.1, 0.15) is 0 Å². The van der Waals surface area contributed by atoms with E-state index in [9.17, 15) is 9.90 Å². The minimum absolute atomic E-state index is 0. The molecule has 0 amide bonds. The van der Waals surface area contributed by atoms with Gasteiger partial charge in [0, 0.05) is 23.5 Å². The Morgan fingerprint density at radius 3 is 2.75 bits per heavy atom. The number of rotatable bonds is 4. The molecule has 6 nitrogen and oxygen atoms in total. The maximum atomic E-state index is 11.4. The van der Waals surface area contributed by atoms with Crippen LogP contribution in [-0.4, -0.2) is 46.3 Å². The molecule has 3 aliphatic rings. The predicted molar refractivity (Wildman–Crippen MR) is 84.9 cm³/mol. The summed E-state index contributed by atoms with van der Waals surface area (Å²) in [7, 11) is 0. The van der Waals surface area contributed by atoms with E-state index < -0.39 is 5.97 Å². The molecule has 24 heavy (non-hydrogen) atoms. The van der Waals surface area contributed by atoms with Crippen LogP contribution in [-0.2, 0) is 0 Å². The largest absolute Gasteiger partial charge is 1.00 e. The number of fused-ring (bicyclic) bond motifs is 4. The summed E-state index contributed by atoms with van der Waals surface area (Å²) in [6, 6.07) is 5.63. The van der Waals surface area contributed by atoms with Crippen LogP contribution in [0.5, 0.6) is 0 Å². The number of aromatic carboxylic acids is 1. The van der Waals surface area contributed by atoms with Crippen LogP contribution in [0.4, 0.5) is 0 Å². The van der Waals surface area contributed by atoms with E-state index in [1.165, 1.54) is 25.9 Å². The van der Waals surface area contributed by atoms with E-state index in [1.54, 1.807) is 23.0 Å². The Labute approximate surface area is 153 Å². The average molecular weight is 320 g/mol. The van der Waals surface area contributed by atoms with E-state index in [1.807, 2.05) is 13.0 Å². The molecule has 1 aromatic heterocycles. The molecule has 0 spiro atoms. The van der Waals surface area contributed by atoms with E-state index >= 15 is 0 Å². The maximum Gasteiger partial charge on any atom is 1.00 e. The number of carbonyl (C=O) groups excluding carboxylic acids is 1. The van der Waals surface area contributed by atoms with Gasteiger partial charge in [-0.1, -0.05) is 18.2 Å². The molecule has 0 aliphatic carbocycles. The zero-order valence-electron chi connectivity index (χ0n) is 14.2. The van der Waals surface area contributed by atoms with E-state index in [4.69, 9.17) is 0 Å². The first-order valence-corrected chi connectivity index (χ1v) is 8.29. The van der Waals surface area contributed by atoms with Crippen LogP contribution in [0, 0.1) is 5.92 Å². The first-order valence-electron chi connectivity index (χ1n) is 8.29. The number of carbonyl (C=O) groups is 1. The van der Waals surface area contributed by atoms with Crippen molar-refractivity contribution in [3.05, 3.63) is 30.0 Å². The second-order valence-corrected chi connectivity index (χ2v) is 6.71. The van der Waals surface area contributed by atoms with Gasteiger partial charge in [-0.25, -0.2) is 4.68 Å². The van der Waals surface area contributed by atoms with Gasteiger partial charge in [-0.15, -0.1) is 0 Å². The summed E-state index contributed by atoms with van der Waals surface area (Å²) in [4.78, 5) is 13.9. The molecule has 5 rings (SSSR count). The molecular weight excluding hydrogens is 299 g/mol. The van der Waals surface area contributed by atoms with Crippen LogP contribution in [0.25, 0.3) is 10.9 Å². The second-order valence-electron chi connectivity index (χ2n) is 6.71. The summed E-state index contributed by atoms with van der Waals surface area (Å²) in [6.07, 6.45) is 4.15. The first kappa shape index (κ1) is 17.5. The number of benzene rings is 1. The van der Waals surface area contributed by atoms with Gasteiger partial charge in [-0.2, -0.15) is 5.10 Å². The normalized spacial score (nSPS) is 27.0. The number of hydrogen-bond donors (Lipinski definition) is 1. The molecule has 3 aliphatic heterocycles. The van der Waals surface area contributed by atoms with Gasteiger partial charge in [0.15, 0.2) is 0 Å². The van der Waals surface area contributed by atoms with E-state index in [0.717, 1.165) is 11.9 Å². The summed E-state index contributed by atoms with van der Waals surface area (Å²) >= 11 is 0. The molecule has 1 unspecified atom stereocenters. The summed E-state index contributed by atoms with van der Waals surface area (Å²) in [5.41, 5.74) is 0.830. The second kappa shape index (κ2) is 6.89. The standard InChI is InChI=1S/C17H22N4O2.Li/c1-11(19-15-10-20-7-5-12(15)6-8-20)21-16-13(9-18-21)3-2-4-14(16)17(22)23;/h2-4,9,11-12,15,19H,5-8,10H2,1H3,(H,22,23);/q;+1/p-1/t11-,15?;/m0./s1. The van der Waals surface area contributed by atoms with Crippen molar-refractivity contribution in [2.24, 2.45) is 5.92 Å². The zero-order chi connectivity index (χ0) is 16.0. The van der Waals surface area contributed by atoms with Crippen molar-refractivity contribution in [2.45, 2.75) is 32.0 Å². The van der Waals surface area contributed by atoms with Gasteiger partial charge in [-0.3, -0.25) is 5.32 Å². The number of carboxylic acids is 1. The Hall–Kier alpha value is -1.32. The van der Waals surface area contributed by atoms with Crippen LogP contribution < -0.4 is 29.3 Å². The monoisotopic (exact) mass is 320 g/mol. The zero-order valence-corrected chi connectivity index (χ0v) is 14.2. The van der Waals surface area contributed by atoms with E-state index in [0.29, 0.717) is 17.5 Å². The quantitative estimate of drug-likeness (QED) is 0.636. The van der Waals surface area contributed by atoms with Crippen LogP contribution >= 0.6 is 0 Å². The maximum absolute atomic E-state index is 11.4. The first-order chi connectivity index (χ1) is 11.1. The minimum atomic E-state index is -1.16. The third-order valence-electron chi connectivity index (χ3n) is 5.32. The van der Waals surface area contributed by atoms with Crippen molar-refractivity contribution in [1.82, 2.24) is 20.0 Å². The molecule has 4 heterocycles. The molecule has 0 saturated carbocycles. The Morgan fingerprint density at radius 2 is 2.12 bits per heavy atom. The van der Waals surface area contributed by atoms with Crippen LogP contribution in [0.3, 0.4) is 0 Å². The number of nitrogens with zero attached hydrogens (tertiary/aromatic N) is 3. The molecule has 1 N–H and O–H groups in total. The molecule has 7 heteroatoms. The van der Waals surface area contributed by atoms with Crippen molar-refractivity contribution >= 4 is 16.9 Å². The van der Waals surface area contributed by atoms with Gasteiger partial charge in [0.2, 0.25) is 0 Å². The number of hydrogen-bond acceptors (Lipinski definition) is 5. The van der Waals surface area contributed by atoms with Crippen molar-refractivity contribution in [3.8, 4) is 0 Å². The van der Waals surface area contributed by atoms with Crippen molar-refractivity contribution in [3.63, 3.8) is 0 Å². The van der Waals surface area contributed by atoms with Crippen molar-refractivity contribution < 1.29 is 28.8 Å². The number of piperidine rings is 3. The number of nitrogens with one attached hydrogen (secondary N) is 1. The smallest absolute Gasteiger partial charge is 0.545 e. The molecular formula is C17H21LiN4O2. The summed E-state index contributed by atoms with van der Waals surface area (Å²) in [6.45, 7) is 5.52. The Kier molecular flexibility index (Phi) is 5.02. The third-order valence-corrected chi connectivity index (χ3v) is 5.32. The van der Waals surface area contributed by atoms with E-state index in [2.05, 4.69) is 15.3 Å². The van der Waals surface area contributed by atoms with Gasteiger partial charge in [0.05, 0.1) is 23.8 Å². The fourth-order valence-electron chi connectivity index (χ4n) is 4.10. The summed E-state index contributed by atoms with van der Waals surface area (Å²) in [5, 5.41) is 20.3. The third kappa shape index (κ3) is 3.00. The molecule has 2 aromatic rings. The van der Waals surface area contributed by atoms with Crippen LogP contribution in [0.2, 0.25) is 0 Å². The molecule has 2 bridgehead atoms. The fourth-order valence-corrected chi connectivity index (χ4v) is 4.10. The molecule has 0 radical (unpaired) electrons. The molecule has 3 saturated heterocycles. The van der Waals surface area contributed by atoms with Gasteiger partial charge < -0.3 is 14.8 Å². The minimum Gasteiger partial charge on any atom is -0.545 e. The van der Waals surface area contributed by atoms with Crippen molar-refractivity contribution in [2.75, 3.05) is 19.6 Å². The van der Waals surface area contributed by atoms with Gasteiger partial charge >= 0.3 is 18.9 Å². The molecule has 122 valence electrons. The molecule has 3 fully saturated rings. The SMILES string of the molecule is C[C@@H](NC1CN2CCC1CC2)n1ncc2cccc(C(=O)[O-])c21.[Li+]. The Bertz CT molecular complexity index is 739. The summed E-state index contributed by atoms with van der Waals surface area (Å²) in [5.74, 6) is -0.447. The van der Waals surface area contributed by atoms with Crippen LogP contribution in [0.1, 0.15) is 36.3 Å². The fraction of sp³-hybridized carbons (Fsp3) is 0.529. The Morgan fingerprint density at radius 1 is 1.38 bits per heavy atom.